The van der Waals surface area contributed by atoms with E-state index in [0.717, 1.165) is 10.8 Å². The number of nitrogens with one attached hydrogen (secondary N) is 1. The van der Waals surface area contributed by atoms with Crippen LogP contribution in [0.5, 0.6) is 11.5 Å². The van der Waals surface area contributed by atoms with E-state index in [9.17, 15) is 4.79 Å². The molecule has 26 heavy (non-hydrogen) atoms. The van der Waals surface area contributed by atoms with Crippen molar-refractivity contribution in [1.82, 2.24) is 0 Å². The SMILES string of the molecule is CCC(Oc1ccc2ccccc2c1)C(=O)Nc1cc(Cl)ccc1OC. The second kappa shape index (κ2) is 8.11. The van der Waals surface area contributed by atoms with Gasteiger partial charge in [0.05, 0.1) is 12.8 Å². The molecule has 0 fully saturated rings. The number of fused-ring (bicyclic) bond motifs is 1. The van der Waals surface area contributed by atoms with Crippen LogP contribution in [0.4, 0.5) is 5.69 Å². The molecule has 0 heterocycles. The molecule has 0 saturated carbocycles. The summed E-state index contributed by atoms with van der Waals surface area (Å²) in [6.07, 6.45) is -0.0958. The molecule has 0 aromatic heterocycles. The third-order valence-corrected chi connectivity index (χ3v) is 4.32. The molecule has 0 bridgehead atoms. The lowest BCUT2D eigenvalue weighted by Crippen LogP contribution is -2.32. The number of benzene rings is 3. The quantitative estimate of drug-likeness (QED) is 0.641. The zero-order chi connectivity index (χ0) is 18.5. The predicted molar refractivity (Wildman–Crippen MR) is 105 cm³/mol. The minimum Gasteiger partial charge on any atom is -0.495 e. The van der Waals surface area contributed by atoms with Crippen molar-refractivity contribution in [3.05, 3.63) is 65.7 Å². The van der Waals surface area contributed by atoms with Crippen LogP contribution >= 0.6 is 11.6 Å². The van der Waals surface area contributed by atoms with E-state index in [2.05, 4.69) is 5.32 Å². The summed E-state index contributed by atoms with van der Waals surface area (Å²) in [7, 11) is 1.54. The fraction of sp³-hybridized carbons (Fsp3) is 0.190. The number of methoxy groups -OCH3 is 1. The van der Waals surface area contributed by atoms with Gasteiger partial charge in [-0.1, -0.05) is 48.9 Å². The molecule has 1 atom stereocenters. The zero-order valence-corrected chi connectivity index (χ0v) is 15.4. The summed E-state index contributed by atoms with van der Waals surface area (Å²) in [4.78, 5) is 12.7. The fourth-order valence-electron chi connectivity index (χ4n) is 2.72. The van der Waals surface area contributed by atoms with Gasteiger partial charge in [0, 0.05) is 5.02 Å². The third-order valence-electron chi connectivity index (χ3n) is 4.08. The first kappa shape index (κ1) is 18.1. The van der Waals surface area contributed by atoms with Crippen molar-refractivity contribution in [3.8, 4) is 11.5 Å². The molecule has 1 amide bonds. The average Bonchev–Trinajstić information content (AvgIpc) is 2.66. The van der Waals surface area contributed by atoms with Gasteiger partial charge in [0.25, 0.3) is 5.91 Å². The molecular weight excluding hydrogens is 350 g/mol. The molecule has 3 rings (SSSR count). The molecule has 0 aliphatic carbocycles. The van der Waals surface area contributed by atoms with Gasteiger partial charge in [0.1, 0.15) is 11.5 Å². The Bertz CT molecular complexity index is 926. The minimum absolute atomic E-state index is 0.249. The Labute approximate surface area is 157 Å². The molecule has 134 valence electrons. The van der Waals surface area contributed by atoms with E-state index in [-0.39, 0.29) is 5.91 Å². The zero-order valence-electron chi connectivity index (χ0n) is 14.7. The number of halogens is 1. The smallest absolute Gasteiger partial charge is 0.265 e. The van der Waals surface area contributed by atoms with Crippen LogP contribution in [0.15, 0.2) is 60.7 Å². The van der Waals surface area contributed by atoms with Crippen LogP contribution in [0.2, 0.25) is 5.02 Å². The molecule has 0 radical (unpaired) electrons. The van der Waals surface area contributed by atoms with Gasteiger partial charge in [-0.05, 0) is 47.5 Å². The van der Waals surface area contributed by atoms with Crippen LogP contribution in [0.3, 0.4) is 0 Å². The first-order valence-electron chi connectivity index (χ1n) is 8.40. The van der Waals surface area contributed by atoms with Crippen molar-refractivity contribution in [1.29, 1.82) is 0 Å². The molecule has 0 spiro atoms. The van der Waals surface area contributed by atoms with E-state index in [1.807, 2.05) is 49.4 Å². The maximum absolute atomic E-state index is 12.7. The van der Waals surface area contributed by atoms with Crippen molar-refractivity contribution < 1.29 is 14.3 Å². The van der Waals surface area contributed by atoms with Gasteiger partial charge >= 0.3 is 0 Å². The number of rotatable bonds is 6. The van der Waals surface area contributed by atoms with E-state index >= 15 is 0 Å². The highest BCUT2D eigenvalue weighted by atomic mass is 35.5. The molecule has 3 aromatic carbocycles. The molecular formula is C21H20ClNO3. The minimum atomic E-state index is -0.625. The van der Waals surface area contributed by atoms with Gasteiger partial charge in [0.15, 0.2) is 6.10 Å². The second-order valence-electron chi connectivity index (χ2n) is 5.86. The number of hydrogen-bond donors (Lipinski definition) is 1. The third kappa shape index (κ3) is 4.09. The fourth-order valence-corrected chi connectivity index (χ4v) is 2.89. The lowest BCUT2D eigenvalue weighted by atomic mass is 10.1. The lowest BCUT2D eigenvalue weighted by Gasteiger charge is -2.18. The Morgan fingerprint density at radius 1 is 1.08 bits per heavy atom. The van der Waals surface area contributed by atoms with Gasteiger partial charge in [0.2, 0.25) is 0 Å². The second-order valence-corrected chi connectivity index (χ2v) is 6.29. The van der Waals surface area contributed by atoms with Crippen LogP contribution in [-0.2, 0) is 4.79 Å². The number of carbonyl (C=O) groups is 1. The van der Waals surface area contributed by atoms with Gasteiger partial charge in [-0.2, -0.15) is 0 Å². The summed E-state index contributed by atoms with van der Waals surface area (Å²) in [6, 6.07) is 18.9. The Hall–Kier alpha value is -2.72. The van der Waals surface area contributed by atoms with Crippen molar-refractivity contribution >= 4 is 34.0 Å². The van der Waals surface area contributed by atoms with E-state index in [4.69, 9.17) is 21.1 Å². The number of amides is 1. The maximum atomic E-state index is 12.7. The van der Waals surface area contributed by atoms with Gasteiger partial charge < -0.3 is 14.8 Å². The number of anilines is 1. The molecule has 1 N–H and O–H groups in total. The predicted octanol–water partition coefficient (Wildman–Crippen LogP) is 5.30. The molecule has 0 aliphatic rings. The molecule has 0 aliphatic heterocycles. The van der Waals surface area contributed by atoms with Crippen molar-refractivity contribution in [2.24, 2.45) is 0 Å². The molecule has 0 saturated heterocycles. The van der Waals surface area contributed by atoms with Crippen LogP contribution in [-0.4, -0.2) is 19.1 Å². The van der Waals surface area contributed by atoms with E-state index in [1.165, 1.54) is 0 Å². The van der Waals surface area contributed by atoms with Crippen LogP contribution in [0, 0.1) is 0 Å². The summed E-state index contributed by atoms with van der Waals surface area (Å²) in [5.74, 6) is 0.952. The van der Waals surface area contributed by atoms with Gasteiger partial charge in [-0.3, -0.25) is 4.79 Å². The molecule has 5 heteroatoms. The summed E-state index contributed by atoms with van der Waals surface area (Å²) in [5.41, 5.74) is 0.519. The van der Waals surface area contributed by atoms with E-state index in [0.29, 0.717) is 28.6 Å². The number of ether oxygens (including phenoxy) is 2. The van der Waals surface area contributed by atoms with Crippen LogP contribution in [0.25, 0.3) is 10.8 Å². The molecule has 1 unspecified atom stereocenters. The average molecular weight is 370 g/mol. The topological polar surface area (TPSA) is 47.6 Å². The van der Waals surface area contributed by atoms with Crippen molar-refractivity contribution in [2.45, 2.75) is 19.4 Å². The van der Waals surface area contributed by atoms with Gasteiger partial charge in [-0.15, -0.1) is 0 Å². The van der Waals surface area contributed by atoms with E-state index < -0.39 is 6.10 Å². The monoisotopic (exact) mass is 369 g/mol. The maximum Gasteiger partial charge on any atom is 0.265 e. The Morgan fingerprint density at radius 3 is 2.58 bits per heavy atom. The Balaban J connectivity index is 1.77. The highest BCUT2D eigenvalue weighted by Crippen LogP contribution is 2.28. The summed E-state index contributed by atoms with van der Waals surface area (Å²) < 4.78 is 11.2. The van der Waals surface area contributed by atoms with Crippen LogP contribution < -0.4 is 14.8 Å². The first-order chi connectivity index (χ1) is 12.6. The largest absolute Gasteiger partial charge is 0.495 e. The van der Waals surface area contributed by atoms with Gasteiger partial charge in [-0.25, -0.2) is 0 Å². The van der Waals surface area contributed by atoms with Crippen molar-refractivity contribution in [2.75, 3.05) is 12.4 Å². The highest BCUT2D eigenvalue weighted by Gasteiger charge is 2.20. The van der Waals surface area contributed by atoms with Crippen molar-refractivity contribution in [3.63, 3.8) is 0 Å². The standard InChI is InChI=1S/C21H20ClNO3/c1-3-19(21(24)23-18-13-16(22)9-11-20(18)25-2)26-17-10-8-14-6-4-5-7-15(14)12-17/h4-13,19H,3H2,1-2H3,(H,23,24). The van der Waals surface area contributed by atoms with Crippen LogP contribution in [0.1, 0.15) is 13.3 Å². The normalized spacial score (nSPS) is 11.8. The summed E-state index contributed by atoms with van der Waals surface area (Å²) >= 11 is 6.02. The molecule has 3 aromatic rings. The summed E-state index contributed by atoms with van der Waals surface area (Å²) in [5, 5.41) is 5.55. The molecule has 4 nitrogen and oxygen atoms in total. The Morgan fingerprint density at radius 2 is 1.85 bits per heavy atom. The number of carbonyl (C=O) groups excluding carboxylic acids is 1. The first-order valence-corrected chi connectivity index (χ1v) is 8.78. The highest BCUT2D eigenvalue weighted by molar-refractivity contribution is 6.31. The number of hydrogen-bond acceptors (Lipinski definition) is 3. The lowest BCUT2D eigenvalue weighted by molar-refractivity contribution is -0.122. The summed E-state index contributed by atoms with van der Waals surface area (Å²) in [6.45, 7) is 1.90. The Kier molecular flexibility index (Phi) is 5.64. The van der Waals surface area contributed by atoms with E-state index in [1.54, 1.807) is 25.3 Å².